The second-order valence-corrected chi connectivity index (χ2v) is 5.13. The number of hydrogen-bond donors (Lipinski definition) is 2. The SMILES string of the molecule is N#Cc1cnn(-c2ccc(NC(=O)C3CCC3)cc2)c1N. The van der Waals surface area contributed by atoms with E-state index in [4.69, 9.17) is 11.0 Å². The van der Waals surface area contributed by atoms with Crippen LogP contribution in [0.15, 0.2) is 30.5 Å². The number of aromatic nitrogens is 2. The smallest absolute Gasteiger partial charge is 0.227 e. The molecule has 0 saturated heterocycles. The summed E-state index contributed by atoms with van der Waals surface area (Å²) >= 11 is 0. The minimum absolute atomic E-state index is 0.0827. The molecular formula is C15H15N5O. The van der Waals surface area contributed by atoms with E-state index in [-0.39, 0.29) is 11.8 Å². The number of carbonyl (C=O) groups is 1. The number of hydrogen-bond acceptors (Lipinski definition) is 4. The lowest BCUT2D eigenvalue weighted by molar-refractivity contribution is -0.122. The van der Waals surface area contributed by atoms with Gasteiger partial charge < -0.3 is 11.1 Å². The molecule has 6 heteroatoms. The Kier molecular flexibility index (Phi) is 3.32. The van der Waals surface area contributed by atoms with E-state index in [0.29, 0.717) is 11.4 Å². The number of amides is 1. The van der Waals surface area contributed by atoms with Gasteiger partial charge >= 0.3 is 0 Å². The fourth-order valence-electron chi connectivity index (χ4n) is 2.25. The number of nitrogens with one attached hydrogen (secondary N) is 1. The van der Waals surface area contributed by atoms with Crippen LogP contribution < -0.4 is 11.1 Å². The van der Waals surface area contributed by atoms with Crippen molar-refractivity contribution in [3.8, 4) is 11.8 Å². The van der Waals surface area contributed by atoms with Crippen LogP contribution in [-0.2, 0) is 4.79 Å². The van der Waals surface area contributed by atoms with Gasteiger partial charge in [-0.1, -0.05) is 6.42 Å². The summed E-state index contributed by atoms with van der Waals surface area (Å²) in [6.07, 6.45) is 4.52. The fraction of sp³-hybridized carbons (Fsp3) is 0.267. The Bertz CT molecular complexity index is 707. The van der Waals surface area contributed by atoms with E-state index >= 15 is 0 Å². The van der Waals surface area contributed by atoms with Crippen molar-refractivity contribution >= 4 is 17.4 Å². The molecule has 1 saturated carbocycles. The topological polar surface area (TPSA) is 96.7 Å². The Balaban J connectivity index is 1.76. The Morgan fingerprint density at radius 2 is 2.10 bits per heavy atom. The Morgan fingerprint density at radius 3 is 2.62 bits per heavy atom. The molecule has 106 valence electrons. The van der Waals surface area contributed by atoms with Gasteiger partial charge in [0, 0.05) is 11.6 Å². The third-order valence-corrected chi connectivity index (χ3v) is 3.78. The largest absolute Gasteiger partial charge is 0.382 e. The number of anilines is 2. The molecule has 0 aliphatic heterocycles. The van der Waals surface area contributed by atoms with Crippen LogP contribution in [0, 0.1) is 17.2 Å². The van der Waals surface area contributed by atoms with Crippen molar-refractivity contribution in [2.24, 2.45) is 5.92 Å². The predicted octanol–water partition coefficient (Wildman–Crippen LogP) is 2.06. The van der Waals surface area contributed by atoms with Gasteiger partial charge in [0.15, 0.2) is 0 Å². The zero-order valence-corrected chi connectivity index (χ0v) is 11.4. The summed E-state index contributed by atoms with van der Waals surface area (Å²) in [6.45, 7) is 0. The van der Waals surface area contributed by atoms with Crippen LogP contribution in [0.1, 0.15) is 24.8 Å². The monoisotopic (exact) mass is 281 g/mol. The van der Waals surface area contributed by atoms with Gasteiger partial charge in [0.05, 0.1) is 11.9 Å². The van der Waals surface area contributed by atoms with Crippen LogP contribution >= 0.6 is 0 Å². The highest BCUT2D eigenvalue weighted by Crippen LogP contribution is 2.27. The van der Waals surface area contributed by atoms with E-state index in [9.17, 15) is 4.79 Å². The Labute approximate surface area is 122 Å². The third-order valence-electron chi connectivity index (χ3n) is 3.78. The molecular weight excluding hydrogens is 266 g/mol. The van der Waals surface area contributed by atoms with Crippen LogP contribution in [0.2, 0.25) is 0 Å². The molecule has 0 atom stereocenters. The standard InChI is InChI=1S/C15H15N5O/c16-8-11-9-18-20(14(11)17)13-6-4-12(5-7-13)19-15(21)10-2-1-3-10/h4-7,9-10H,1-3,17H2,(H,19,21). The average Bonchev–Trinajstić information content (AvgIpc) is 2.79. The molecule has 1 aromatic carbocycles. The number of nitriles is 1. The van der Waals surface area contributed by atoms with Gasteiger partial charge in [-0.15, -0.1) is 0 Å². The van der Waals surface area contributed by atoms with Crippen molar-refractivity contribution in [2.45, 2.75) is 19.3 Å². The minimum atomic E-state index is 0.0827. The summed E-state index contributed by atoms with van der Waals surface area (Å²) in [4.78, 5) is 11.9. The third kappa shape index (κ3) is 2.46. The van der Waals surface area contributed by atoms with Crippen LogP contribution in [-0.4, -0.2) is 15.7 Å². The molecule has 3 N–H and O–H groups in total. The highest BCUT2D eigenvalue weighted by Gasteiger charge is 2.25. The van der Waals surface area contributed by atoms with Crippen LogP contribution in [0.5, 0.6) is 0 Å². The number of benzene rings is 1. The highest BCUT2D eigenvalue weighted by molar-refractivity contribution is 5.93. The summed E-state index contributed by atoms with van der Waals surface area (Å²) in [5.74, 6) is 0.549. The van der Waals surface area contributed by atoms with Crippen LogP contribution in [0.4, 0.5) is 11.5 Å². The Hall–Kier alpha value is -2.81. The first-order valence-corrected chi connectivity index (χ1v) is 6.84. The van der Waals surface area contributed by atoms with Crippen molar-refractivity contribution < 1.29 is 4.79 Å². The molecule has 1 fully saturated rings. The molecule has 1 heterocycles. The van der Waals surface area contributed by atoms with E-state index in [2.05, 4.69) is 10.4 Å². The first kappa shape index (κ1) is 13.2. The number of nitrogens with two attached hydrogens (primary N) is 1. The van der Waals surface area contributed by atoms with Crippen molar-refractivity contribution in [1.82, 2.24) is 9.78 Å². The molecule has 0 bridgehead atoms. The molecule has 1 aromatic heterocycles. The number of carbonyl (C=O) groups excluding carboxylic acids is 1. The van der Waals surface area contributed by atoms with Gasteiger partial charge in [0.1, 0.15) is 17.5 Å². The summed E-state index contributed by atoms with van der Waals surface area (Å²) < 4.78 is 1.50. The quantitative estimate of drug-likeness (QED) is 0.899. The Morgan fingerprint density at radius 1 is 1.38 bits per heavy atom. The minimum Gasteiger partial charge on any atom is -0.382 e. The van der Waals surface area contributed by atoms with Gasteiger partial charge in [-0.3, -0.25) is 4.79 Å². The van der Waals surface area contributed by atoms with Gasteiger partial charge in [-0.25, -0.2) is 4.68 Å². The first-order chi connectivity index (χ1) is 10.2. The van der Waals surface area contributed by atoms with E-state index in [0.717, 1.165) is 30.6 Å². The lowest BCUT2D eigenvalue weighted by Crippen LogP contribution is -2.27. The van der Waals surface area contributed by atoms with Crippen LogP contribution in [0.25, 0.3) is 5.69 Å². The molecule has 3 rings (SSSR count). The number of rotatable bonds is 3. The van der Waals surface area contributed by atoms with E-state index in [1.54, 1.807) is 24.3 Å². The van der Waals surface area contributed by atoms with E-state index in [1.807, 2.05) is 6.07 Å². The molecule has 1 amide bonds. The summed E-state index contributed by atoms with van der Waals surface area (Å²) in [5.41, 5.74) is 7.68. The maximum absolute atomic E-state index is 11.9. The highest BCUT2D eigenvalue weighted by atomic mass is 16.1. The summed E-state index contributed by atoms with van der Waals surface area (Å²) in [7, 11) is 0. The maximum Gasteiger partial charge on any atom is 0.227 e. The van der Waals surface area contributed by atoms with Gasteiger partial charge in [-0.05, 0) is 37.1 Å². The van der Waals surface area contributed by atoms with E-state index < -0.39 is 0 Å². The van der Waals surface area contributed by atoms with Crippen molar-refractivity contribution in [2.75, 3.05) is 11.1 Å². The normalized spacial score (nSPS) is 14.2. The molecule has 0 radical (unpaired) electrons. The zero-order chi connectivity index (χ0) is 14.8. The second-order valence-electron chi connectivity index (χ2n) is 5.13. The van der Waals surface area contributed by atoms with Gasteiger partial charge in [-0.2, -0.15) is 10.4 Å². The van der Waals surface area contributed by atoms with E-state index in [1.165, 1.54) is 10.9 Å². The second kappa shape index (κ2) is 5.29. The maximum atomic E-state index is 11.9. The lowest BCUT2D eigenvalue weighted by atomic mass is 9.85. The number of nitrogen functional groups attached to an aromatic ring is 1. The molecule has 0 spiro atoms. The van der Waals surface area contributed by atoms with Crippen molar-refractivity contribution in [3.63, 3.8) is 0 Å². The predicted molar refractivity (Wildman–Crippen MR) is 78.7 cm³/mol. The molecule has 2 aromatic rings. The van der Waals surface area contributed by atoms with Crippen LogP contribution in [0.3, 0.4) is 0 Å². The fourth-order valence-corrected chi connectivity index (χ4v) is 2.25. The first-order valence-electron chi connectivity index (χ1n) is 6.84. The van der Waals surface area contributed by atoms with Crippen molar-refractivity contribution in [3.05, 3.63) is 36.0 Å². The molecule has 1 aliphatic rings. The van der Waals surface area contributed by atoms with Gasteiger partial charge in [0.25, 0.3) is 0 Å². The lowest BCUT2D eigenvalue weighted by Gasteiger charge is -2.24. The zero-order valence-electron chi connectivity index (χ0n) is 11.4. The molecule has 6 nitrogen and oxygen atoms in total. The van der Waals surface area contributed by atoms with Crippen molar-refractivity contribution in [1.29, 1.82) is 5.26 Å². The molecule has 1 aliphatic carbocycles. The summed E-state index contributed by atoms with van der Waals surface area (Å²) in [5, 5.41) is 15.9. The molecule has 0 unspecified atom stereocenters. The molecule has 21 heavy (non-hydrogen) atoms. The number of nitrogens with zero attached hydrogens (tertiary/aromatic N) is 3. The summed E-state index contributed by atoms with van der Waals surface area (Å²) in [6, 6.07) is 9.21. The average molecular weight is 281 g/mol. The van der Waals surface area contributed by atoms with Gasteiger partial charge in [0.2, 0.25) is 5.91 Å².